The van der Waals surface area contributed by atoms with Gasteiger partial charge in [-0.15, -0.1) is 11.6 Å². The van der Waals surface area contributed by atoms with Gasteiger partial charge in [-0.05, 0) is 12.8 Å². The van der Waals surface area contributed by atoms with E-state index in [1.807, 2.05) is 0 Å². The molecule has 0 saturated carbocycles. The lowest BCUT2D eigenvalue weighted by Crippen LogP contribution is -2.47. The van der Waals surface area contributed by atoms with Crippen molar-refractivity contribution in [1.29, 1.82) is 0 Å². The first-order chi connectivity index (χ1) is 8.48. The zero-order chi connectivity index (χ0) is 13.6. The van der Waals surface area contributed by atoms with Crippen molar-refractivity contribution in [2.24, 2.45) is 0 Å². The fourth-order valence-corrected chi connectivity index (χ4v) is 3.55. The van der Waals surface area contributed by atoms with Crippen molar-refractivity contribution >= 4 is 27.5 Å². The van der Waals surface area contributed by atoms with Crippen LogP contribution < -0.4 is 4.72 Å². The largest absolute Gasteiger partial charge is 0.375 e. The molecule has 1 N–H and O–H groups in total. The summed E-state index contributed by atoms with van der Waals surface area (Å²) in [5, 5.41) is 0. The first kappa shape index (κ1) is 15.7. The lowest BCUT2D eigenvalue weighted by molar-refractivity contribution is -0.136. The molecule has 1 fully saturated rings. The molecule has 1 saturated heterocycles. The number of alkyl halides is 1. The molecule has 1 heterocycles. The SMILES string of the molecule is COCC(=O)N1CCC(NS(=O)(=O)CCCl)CC1. The van der Waals surface area contributed by atoms with Crippen molar-refractivity contribution in [1.82, 2.24) is 9.62 Å². The Kier molecular flexibility index (Phi) is 6.34. The average molecular weight is 299 g/mol. The zero-order valence-corrected chi connectivity index (χ0v) is 12.0. The second kappa shape index (κ2) is 7.28. The number of nitrogens with zero attached hydrogens (tertiary/aromatic N) is 1. The second-order valence-corrected chi connectivity index (χ2v) is 6.47. The summed E-state index contributed by atoms with van der Waals surface area (Å²) >= 11 is 5.42. The fourth-order valence-electron chi connectivity index (χ4n) is 1.88. The number of nitrogens with one attached hydrogen (secondary N) is 1. The summed E-state index contributed by atoms with van der Waals surface area (Å²) in [5.74, 6) is -0.0442. The number of methoxy groups -OCH3 is 1. The zero-order valence-electron chi connectivity index (χ0n) is 10.4. The van der Waals surface area contributed by atoms with Crippen molar-refractivity contribution in [3.8, 4) is 0 Å². The van der Waals surface area contributed by atoms with Crippen molar-refractivity contribution in [3.05, 3.63) is 0 Å². The van der Waals surface area contributed by atoms with Crippen LogP contribution in [0.4, 0.5) is 0 Å². The van der Waals surface area contributed by atoms with Crippen molar-refractivity contribution in [2.45, 2.75) is 18.9 Å². The first-order valence-electron chi connectivity index (χ1n) is 5.81. The molecular formula is C10H19ClN2O4S. The van der Waals surface area contributed by atoms with Gasteiger partial charge in [0.15, 0.2) is 0 Å². The van der Waals surface area contributed by atoms with E-state index in [0.717, 1.165) is 0 Å². The smallest absolute Gasteiger partial charge is 0.248 e. The minimum absolute atomic E-state index is 0.0560. The maximum Gasteiger partial charge on any atom is 0.248 e. The number of piperidine rings is 1. The molecule has 1 rings (SSSR count). The average Bonchev–Trinajstić information content (AvgIpc) is 2.29. The Hall–Kier alpha value is -0.370. The van der Waals surface area contributed by atoms with Crippen LogP contribution in [0, 0.1) is 0 Å². The van der Waals surface area contributed by atoms with E-state index in [9.17, 15) is 13.2 Å². The van der Waals surface area contributed by atoms with Gasteiger partial charge in [0.25, 0.3) is 0 Å². The van der Waals surface area contributed by atoms with Gasteiger partial charge in [0.1, 0.15) is 6.61 Å². The van der Waals surface area contributed by atoms with Crippen LogP contribution in [-0.4, -0.2) is 63.7 Å². The van der Waals surface area contributed by atoms with Crippen LogP contribution in [0.5, 0.6) is 0 Å². The highest BCUT2D eigenvalue weighted by atomic mass is 35.5. The summed E-state index contributed by atoms with van der Waals surface area (Å²) in [6.07, 6.45) is 1.24. The second-order valence-electron chi connectivity index (χ2n) is 4.21. The highest BCUT2D eigenvalue weighted by Gasteiger charge is 2.25. The van der Waals surface area contributed by atoms with E-state index in [1.54, 1.807) is 4.90 Å². The van der Waals surface area contributed by atoms with E-state index in [1.165, 1.54) is 7.11 Å². The van der Waals surface area contributed by atoms with E-state index >= 15 is 0 Å². The first-order valence-corrected chi connectivity index (χ1v) is 8.00. The molecule has 0 aliphatic carbocycles. The number of sulfonamides is 1. The summed E-state index contributed by atoms with van der Waals surface area (Å²) in [6.45, 7) is 1.18. The van der Waals surface area contributed by atoms with Crippen LogP contribution in [0.25, 0.3) is 0 Å². The monoisotopic (exact) mass is 298 g/mol. The number of ether oxygens (including phenoxy) is 1. The van der Waals surface area contributed by atoms with Crippen LogP contribution >= 0.6 is 11.6 Å². The lowest BCUT2D eigenvalue weighted by atomic mass is 10.1. The van der Waals surface area contributed by atoms with E-state index in [2.05, 4.69) is 4.72 Å². The molecule has 1 aliphatic heterocycles. The van der Waals surface area contributed by atoms with Crippen molar-refractivity contribution in [2.75, 3.05) is 38.4 Å². The quantitative estimate of drug-likeness (QED) is 0.688. The predicted molar refractivity (Wildman–Crippen MR) is 69.1 cm³/mol. The van der Waals surface area contributed by atoms with Crippen molar-refractivity contribution < 1.29 is 17.9 Å². The minimum Gasteiger partial charge on any atom is -0.375 e. The number of halogens is 1. The maximum atomic E-state index is 11.5. The number of carbonyl (C=O) groups excluding carboxylic acids is 1. The van der Waals surface area contributed by atoms with Gasteiger partial charge in [0.05, 0.1) is 5.75 Å². The Bertz CT molecular complexity index is 366. The molecule has 1 aliphatic rings. The van der Waals surface area contributed by atoms with Crippen molar-refractivity contribution in [3.63, 3.8) is 0 Å². The molecule has 1 amide bonds. The number of hydrogen-bond donors (Lipinski definition) is 1. The Balaban J connectivity index is 2.38. The van der Waals surface area contributed by atoms with E-state index < -0.39 is 10.0 Å². The molecule has 6 nitrogen and oxygen atoms in total. The Morgan fingerprint density at radius 1 is 1.44 bits per heavy atom. The number of amides is 1. The van der Waals surface area contributed by atoms with E-state index in [-0.39, 0.29) is 30.2 Å². The van der Waals surface area contributed by atoms with Crippen LogP contribution in [0.2, 0.25) is 0 Å². The van der Waals surface area contributed by atoms with Gasteiger partial charge < -0.3 is 9.64 Å². The molecule has 0 spiro atoms. The molecule has 0 unspecified atom stereocenters. The van der Waals surface area contributed by atoms with E-state index in [0.29, 0.717) is 25.9 Å². The number of likely N-dealkylation sites (tertiary alicyclic amines) is 1. The van der Waals surface area contributed by atoms with Crippen LogP contribution in [-0.2, 0) is 19.6 Å². The van der Waals surface area contributed by atoms with Crippen LogP contribution in [0.15, 0.2) is 0 Å². The molecule has 0 atom stereocenters. The number of rotatable bonds is 6. The molecule has 18 heavy (non-hydrogen) atoms. The van der Waals surface area contributed by atoms with Gasteiger partial charge >= 0.3 is 0 Å². The molecule has 0 aromatic heterocycles. The Morgan fingerprint density at radius 3 is 2.56 bits per heavy atom. The topological polar surface area (TPSA) is 75.7 Å². The highest BCUT2D eigenvalue weighted by Crippen LogP contribution is 2.11. The molecular weight excluding hydrogens is 280 g/mol. The molecule has 0 aromatic rings. The number of carbonyl (C=O) groups is 1. The third kappa shape index (κ3) is 5.09. The summed E-state index contributed by atoms with van der Waals surface area (Å²) < 4.78 is 30.4. The fraction of sp³-hybridized carbons (Fsp3) is 0.900. The maximum absolute atomic E-state index is 11.5. The van der Waals surface area contributed by atoms with Crippen LogP contribution in [0.3, 0.4) is 0 Å². The Morgan fingerprint density at radius 2 is 2.06 bits per heavy atom. The highest BCUT2D eigenvalue weighted by molar-refractivity contribution is 7.89. The number of hydrogen-bond acceptors (Lipinski definition) is 4. The van der Waals surface area contributed by atoms with Crippen LogP contribution in [0.1, 0.15) is 12.8 Å². The van der Waals surface area contributed by atoms with Gasteiger partial charge in [0, 0.05) is 32.1 Å². The van der Waals surface area contributed by atoms with Gasteiger partial charge in [-0.3, -0.25) is 4.79 Å². The molecule has 8 heteroatoms. The third-order valence-electron chi connectivity index (χ3n) is 2.81. The van der Waals surface area contributed by atoms with E-state index in [4.69, 9.17) is 16.3 Å². The third-order valence-corrected chi connectivity index (χ3v) is 4.65. The Labute approximate surface area is 113 Å². The summed E-state index contributed by atoms with van der Waals surface area (Å²) in [4.78, 5) is 13.2. The van der Waals surface area contributed by atoms with Gasteiger partial charge in [-0.2, -0.15) is 0 Å². The van der Waals surface area contributed by atoms with Gasteiger partial charge in [-0.1, -0.05) is 0 Å². The standard InChI is InChI=1S/C10H19ClN2O4S/c1-17-8-10(14)13-5-2-9(3-6-13)12-18(15,16)7-4-11/h9,12H,2-8H2,1H3. The normalized spacial score (nSPS) is 18.0. The van der Waals surface area contributed by atoms with Gasteiger partial charge in [0.2, 0.25) is 15.9 Å². The minimum atomic E-state index is -3.29. The molecule has 0 radical (unpaired) electrons. The molecule has 106 valence electrons. The summed E-state index contributed by atoms with van der Waals surface area (Å²) in [5.41, 5.74) is 0. The molecule has 0 bridgehead atoms. The summed E-state index contributed by atoms with van der Waals surface area (Å²) in [7, 11) is -1.81. The summed E-state index contributed by atoms with van der Waals surface area (Å²) in [6, 6.07) is -0.107. The predicted octanol–water partition coefficient (Wildman–Crippen LogP) is -0.218. The van der Waals surface area contributed by atoms with Gasteiger partial charge in [-0.25, -0.2) is 13.1 Å². The molecule has 0 aromatic carbocycles. The lowest BCUT2D eigenvalue weighted by Gasteiger charge is -2.32.